The first-order chi connectivity index (χ1) is 15.4. The van der Waals surface area contributed by atoms with Crippen LogP contribution in [0.2, 0.25) is 5.02 Å². The van der Waals surface area contributed by atoms with Gasteiger partial charge in [0.25, 0.3) is 11.8 Å². The summed E-state index contributed by atoms with van der Waals surface area (Å²) in [6.07, 6.45) is 0.575. The average Bonchev–Trinajstić information content (AvgIpc) is 2.77. The highest BCUT2D eigenvalue weighted by molar-refractivity contribution is 6.32. The van der Waals surface area contributed by atoms with E-state index in [4.69, 9.17) is 30.5 Å². The molecule has 0 saturated heterocycles. The molecule has 0 bridgehead atoms. The molecule has 3 rings (SSSR count). The lowest BCUT2D eigenvalue weighted by atomic mass is 10.1. The van der Waals surface area contributed by atoms with E-state index in [1.807, 2.05) is 26.0 Å². The minimum atomic E-state index is -0.254. The first kappa shape index (κ1) is 23.5. The van der Waals surface area contributed by atoms with Crippen molar-refractivity contribution in [3.63, 3.8) is 0 Å². The van der Waals surface area contributed by atoms with Crippen LogP contribution in [0.25, 0.3) is 0 Å². The summed E-state index contributed by atoms with van der Waals surface area (Å²) in [5.41, 5.74) is 1.35. The molecule has 1 aliphatic rings. The number of methoxy groups -OCH3 is 1. The van der Waals surface area contributed by atoms with Gasteiger partial charge in [-0.15, -0.1) is 0 Å². The highest BCUT2D eigenvalue weighted by Crippen LogP contribution is 2.38. The van der Waals surface area contributed by atoms with Crippen molar-refractivity contribution < 1.29 is 28.5 Å². The Balaban J connectivity index is 1.56. The lowest BCUT2D eigenvalue weighted by Crippen LogP contribution is -2.34. The van der Waals surface area contributed by atoms with E-state index in [2.05, 4.69) is 10.6 Å². The number of hydrogen-bond donors (Lipinski definition) is 2. The molecule has 0 aromatic heterocycles. The van der Waals surface area contributed by atoms with Crippen molar-refractivity contribution in [3.8, 4) is 23.0 Å². The second-order valence-corrected chi connectivity index (χ2v) is 7.89. The zero-order valence-corrected chi connectivity index (χ0v) is 19.1. The van der Waals surface area contributed by atoms with Gasteiger partial charge in [0.1, 0.15) is 13.2 Å². The third-order valence-corrected chi connectivity index (χ3v) is 4.87. The summed E-state index contributed by atoms with van der Waals surface area (Å²) in [5.74, 6) is 1.44. The number of hydrogen-bond acceptors (Lipinski definition) is 6. The molecule has 1 aliphatic heterocycles. The van der Waals surface area contributed by atoms with Crippen LogP contribution in [-0.2, 0) is 11.2 Å². The maximum Gasteiger partial charge on any atom is 0.258 e. The van der Waals surface area contributed by atoms with E-state index < -0.39 is 0 Å². The fraction of sp³-hybridized carbons (Fsp3) is 0.391. The fourth-order valence-electron chi connectivity index (χ4n) is 3.17. The molecule has 0 unspecified atom stereocenters. The largest absolute Gasteiger partial charge is 0.493 e. The predicted octanol–water partition coefficient (Wildman–Crippen LogP) is 3.00. The summed E-state index contributed by atoms with van der Waals surface area (Å²) >= 11 is 6.26. The number of fused-ring (bicyclic) bond motifs is 1. The Morgan fingerprint density at radius 2 is 1.91 bits per heavy atom. The normalized spacial score (nSPS) is 12.3. The van der Waals surface area contributed by atoms with Crippen LogP contribution in [0.5, 0.6) is 23.0 Å². The second kappa shape index (κ2) is 10.9. The second-order valence-electron chi connectivity index (χ2n) is 7.48. The topological polar surface area (TPSA) is 95.1 Å². The number of ether oxygens (including phenoxy) is 4. The van der Waals surface area contributed by atoms with Gasteiger partial charge < -0.3 is 29.6 Å². The Morgan fingerprint density at radius 3 is 2.66 bits per heavy atom. The molecule has 0 radical (unpaired) electrons. The number of halogens is 1. The smallest absolute Gasteiger partial charge is 0.258 e. The lowest BCUT2D eigenvalue weighted by molar-refractivity contribution is -0.123. The minimum absolute atomic E-state index is 0.0252. The Labute approximate surface area is 192 Å². The zero-order chi connectivity index (χ0) is 23.1. The van der Waals surface area contributed by atoms with E-state index in [0.29, 0.717) is 59.8 Å². The van der Waals surface area contributed by atoms with Crippen molar-refractivity contribution in [3.05, 3.63) is 46.5 Å². The van der Waals surface area contributed by atoms with E-state index in [9.17, 15) is 9.59 Å². The van der Waals surface area contributed by atoms with Gasteiger partial charge in [0.2, 0.25) is 0 Å². The molecule has 0 spiro atoms. The summed E-state index contributed by atoms with van der Waals surface area (Å²) in [6.45, 7) is 4.96. The Bertz CT molecular complexity index is 979. The lowest BCUT2D eigenvalue weighted by Gasteiger charge is -2.20. The highest BCUT2D eigenvalue weighted by Gasteiger charge is 2.17. The molecule has 0 fully saturated rings. The van der Waals surface area contributed by atoms with Gasteiger partial charge >= 0.3 is 0 Å². The van der Waals surface area contributed by atoms with Crippen molar-refractivity contribution in [2.24, 2.45) is 0 Å². The summed E-state index contributed by atoms with van der Waals surface area (Å²) in [4.78, 5) is 24.3. The number of benzene rings is 2. The Kier molecular flexibility index (Phi) is 8.05. The molecular weight excluding hydrogens is 436 g/mol. The van der Waals surface area contributed by atoms with Crippen LogP contribution in [0.1, 0.15) is 29.8 Å². The van der Waals surface area contributed by atoms with Gasteiger partial charge in [-0.25, -0.2) is 0 Å². The predicted molar refractivity (Wildman–Crippen MR) is 120 cm³/mol. The number of carbonyl (C=O) groups is 2. The van der Waals surface area contributed by atoms with Crippen LogP contribution in [0.15, 0.2) is 30.3 Å². The van der Waals surface area contributed by atoms with Crippen LogP contribution in [-0.4, -0.2) is 51.3 Å². The maximum absolute atomic E-state index is 12.6. The van der Waals surface area contributed by atoms with Crippen LogP contribution < -0.4 is 29.6 Å². The van der Waals surface area contributed by atoms with Gasteiger partial charge in [-0.05, 0) is 56.2 Å². The number of carbonyl (C=O) groups excluding carboxylic acids is 2. The van der Waals surface area contributed by atoms with E-state index >= 15 is 0 Å². The van der Waals surface area contributed by atoms with Gasteiger partial charge in [0.05, 0.1) is 12.1 Å². The van der Waals surface area contributed by atoms with Gasteiger partial charge in [-0.2, -0.15) is 0 Å². The molecule has 1 heterocycles. The average molecular weight is 463 g/mol. The summed E-state index contributed by atoms with van der Waals surface area (Å²) in [7, 11) is 1.48. The Morgan fingerprint density at radius 1 is 1.12 bits per heavy atom. The van der Waals surface area contributed by atoms with E-state index in [0.717, 1.165) is 5.56 Å². The van der Waals surface area contributed by atoms with Gasteiger partial charge in [-0.1, -0.05) is 11.6 Å². The van der Waals surface area contributed by atoms with Crippen molar-refractivity contribution in [1.82, 2.24) is 10.6 Å². The van der Waals surface area contributed by atoms with Crippen molar-refractivity contribution in [1.29, 1.82) is 0 Å². The summed E-state index contributed by atoms with van der Waals surface area (Å²) in [6, 6.07) is 8.51. The number of rotatable bonds is 9. The van der Waals surface area contributed by atoms with E-state index in [-0.39, 0.29) is 24.5 Å². The third kappa shape index (κ3) is 6.20. The van der Waals surface area contributed by atoms with Crippen molar-refractivity contribution in [2.75, 3.05) is 33.5 Å². The summed E-state index contributed by atoms with van der Waals surface area (Å²) in [5, 5.41) is 6.11. The van der Waals surface area contributed by atoms with Gasteiger partial charge in [0, 0.05) is 18.2 Å². The van der Waals surface area contributed by atoms with Crippen LogP contribution in [0.4, 0.5) is 0 Å². The molecule has 9 heteroatoms. The quantitative estimate of drug-likeness (QED) is 0.595. The molecule has 172 valence electrons. The third-order valence-electron chi connectivity index (χ3n) is 4.59. The Hall–Kier alpha value is -3.13. The molecular formula is C23H27ClN2O6. The van der Waals surface area contributed by atoms with Gasteiger partial charge in [0.15, 0.2) is 29.6 Å². The molecule has 2 aromatic rings. The minimum Gasteiger partial charge on any atom is -0.493 e. The van der Waals surface area contributed by atoms with Crippen molar-refractivity contribution in [2.45, 2.75) is 26.3 Å². The number of nitrogens with one attached hydrogen (secondary N) is 2. The first-order valence-electron chi connectivity index (χ1n) is 10.3. The number of amides is 2. The molecule has 0 saturated carbocycles. The molecule has 0 aliphatic carbocycles. The molecule has 0 atom stereocenters. The first-order valence-corrected chi connectivity index (χ1v) is 10.7. The van der Waals surface area contributed by atoms with Crippen LogP contribution in [0.3, 0.4) is 0 Å². The molecule has 2 N–H and O–H groups in total. The highest BCUT2D eigenvalue weighted by atomic mass is 35.5. The standard InChI is InChI=1S/C23H27ClN2O6/c1-14(2)26-21(27)13-32-18-5-4-16(12-19(18)29-3)23(28)25-7-6-15-10-17(24)22-20(11-15)30-8-9-31-22/h4-5,10-12,14H,6-9,13H2,1-3H3,(H,25,28)(H,26,27). The van der Waals surface area contributed by atoms with Crippen LogP contribution in [0, 0.1) is 0 Å². The zero-order valence-electron chi connectivity index (χ0n) is 18.3. The summed E-state index contributed by atoms with van der Waals surface area (Å²) < 4.78 is 21.9. The molecule has 2 amide bonds. The maximum atomic E-state index is 12.6. The van der Waals surface area contributed by atoms with E-state index in [1.54, 1.807) is 18.2 Å². The van der Waals surface area contributed by atoms with E-state index in [1.165, 1.54) is 7.11 Å². The van der Waals surface area contributed by atoms with Crippen molar-refractivity contribution >= 4 is 23.4 Å². The molecule has 32 heavy (non-hydrogen) atoms. The molecule has 2 aromatic carbocycles. The monoisotopic (exact) mass is 462 g/mol. The van der Waals surface area contributed by atoms with Gasteiger partial charge in [-0.3, -0.25) is 9.59 Å². The SMILES string of the molecule is COc1cc(C(=O)NCCc2cc(Cl)c3c(c2)OCCO3)ccc1OCC(=O)NC(C)C. The van der Waals surface area contributed by atoms with Crippen LogP contribution >= 0.6 is 11.6 Å². The fourth-order valence-corrected chi connectivity index (χ4v) is 3.45. The molecule has 8 nitrogen and oxygen atoms in total.